The fourth-order valence-corrected chi connectivity index (χ4v) is 1.01. The molecule has 0 radical (unpaired) electrons. The van der Waals surface area contributed by atoms with Crippen LogP contribution in [0.4, 0.5) is 0 Å². The van der Waals surface area contributed by atoms with E-state index in [1.807, 2.05) is 34.9 Å². The van der Waals surface area contributed by atoms with Crippen LogP contribution < -0.4 is 5.32 Å². The zero-order valence-electron chi connectivity index (χ0n) is 10.6. The largest absolute Gasteiger partial charge is 0.366 e. The lowest BCUT2D eigenvalue weighted by atomic mass is 10.2. The summed E-state index contributed by atoms with van der Waals surface area (Å²) in [6, 6.07) is 0. The summed E-state index contributed by atoms with van der Waals surface area (Å²) in [4.78, 5) is 13.3. The molecular weight excluding hydrogens is 192 g/mol. The van der Waals surface area contributed by atoms with Gasteiger partial charge < -0.3 is 15.0 Å². The minimum atomic E-state index is -0.249. The highest BCUT2D eigenvalue weighted by Gasteiger charge is 2.15. The van der Waals surface area contributed by atoms with Crippen molar-refractivity contribution in [3.8, 4) is 0 Å². The standard InChI is InChI=1S/C11H24N2O2/c1-11(2,3)15-9-10(14)13(5)8-6-7-12-4/h12H,6-9H2,1-5H3. The number of hydrogen-bond acceptors (Lipinski definition) is 3. The van der Waals surface area contributed by atoms with Crippen molar-refractivity contribution in [2.24, 2.45) is 0 Å². The Kier molecular flexibility index (Phi) is 6.52. The zero-order chi connectivity index (χ0) is 11.9. The van der Waals surface area contributed by atoms with E-state index in [1.165, 1.54) is 0 Å². The SMILES string of the molecule is CNCCCN(C)C(=O)COC(C)(C)C. The number of rotatable bonds is 6. The molecule has 15 heavy (non-hydrogen) atoms. The van der Waals surface area contributed by atoms with E-state index in [1.54, 1.807) is 4.90 Å². The number of carbonyl (C=O) groups excluding carboxylic acids is 1. The van der Waals surface area contributed by atoms with Gasteiger partial charge in [-0.2, -0.15) is 0 Å². The second kappa shape index (κ2) is 6.80. The minimum absolute atomic E-state index is 0.0426. The highest BCUT2D eigenvalue weighted by molar-refractivity contribution is 5.77. The van der Waals surface area contributed by atoms with Crippen molar-refractivity contribution in [3.63, 3.8) is 0 Å². The summed E-state index contributed by atoms with van der Waals surface area (Å²) in [5, 5.41) is 3.05. The van der Waals surface area contributed by atoms with Crippen molar-refractivity contribution in [2.45, 2.75) is 32.8 Å². The average molecular weight is 216 g/mol. The van der Waals surface area contributed by atoms with E-state index in [-0.39, 0.29) is 18.1 Å². The number of nitrogens with zero attached hydrogens (tertiary/aromatic N) is 1. The van der Waals surface area contributed by atoms with Crippen LogP contribution in [0, 0.1) is 0 Å². The Balaban J connectivity index is 3.70. The summed E-state index contributed by atoms with van der Waals surface area (Å²) in [5.41, 5.74) is -0.249. The molecule has 4 nitrogen and oxygen atoms in total. The molecule has 0 aromatic carbocycles. The summed E-state index contributed by atoms with van der Waals surface area (Å²) >= 11 is 0. The minimum Gasteiger partial charge on any atom is -0.366 e. The molecule has 0 aliphatic heterocycles. The van der Waals surface area contributed by atoms with Crippen LogP contribution in [0.25, 0.3) is 0 Å². The first-order valence-corrected chi connectivity index (χ1v) is 5.39. The van der Waals surface area contributed by atoms with Crippen LogP contribution in [0.5, 0.6) is 0 Å². The van der Waals surface area contributed by atoms with Gasteiger partial charge in [0, 0.05) is 13.6 Å². The van der Waals surface area contributed by atoms with Gasteiger partial charge in [-0.15, -0.1) is 0 Å². The molecule has 0 rings (SSSR count). The summed E-state index contributed by atoms with van der Waals surface area (Å²) in [7, 11) is 3.72. The Morgan fingerprint density at radius 2 is 2.00 bits per heavy atom. The smallest absolute Gasteiger partial charge is 0.248 e. The predicted octanol–water partition coefficient (Wildman–Crippen LogP) is 0.869. The fraction of sp³-hybridized carbons (Fsp3) is 0.909. The summed E-state index contributed by atoms with van der Waals surface area (Å²) in [6.07, 6.45) is 0.967. The van der Waals surface area contributed by atoms with Crippen molar-refractivity contribution >= 4 is 5.91 Å². The Morgan fingerprint density at radius 3 is 2.47 bits per heavy atom. The topological polar surface area (TPSA) is 41.6 Å². The molecule has 0 unspecified atom stereocenters. The van der Waals surface area contributed by atoms with Gasteiger partial charge in [-0.05, 0) is 40.8 Å². The van der Waals surface area contributed by atoms with Crippen molar-refractivity contribution in [1.82, 2.24) is 10.2 Å². The van der Waals surface area contributed by atoms with Gasteiger partial charge in [-0.25, -0.2) is 0 Å². The number of carbonyl (C=O) groups is 1. The normalized spacial score (nSPS) is 11.5. The molecule has 0 bridgehead atoms. The maximum atomic E-state index is 11.6. The number of nitrogens with one attached hydrogen (secondary N) is 1. The van der Waals surface area contributed by atoms with Crippen molar-refractivity contribution in [1.29, 1.82) is 0 Å². The third kappa shape index (κ3) is 8.39. The van der Waals surface area contributed by atoms with Crippen LogP contribution >= 0.6 is 0 Å². The predicted molar refractivity (Wildman–Crippen MR) is 61.9 cm³/mol. The van der Waals surface area contributed by atoms with Crippen LogP contribution in [0.3, 0.4) is 0 Å². The number of hydrogen-bond donors (Lipinski definition) is 1. The lowest BCUT2D eigenvalue weighted by molar-refractivity contribution is -0.139. The van der Waals surface area contributed by atoms with Gasteiger partial charge >= 0.3 is 0 Å². The number of ether oxygens (including phenoxy) is 1. The molecular formula is C11H24N2O2. The lowest BCUT2D eigenvalue weighted by Gasteiger charge is -2.22. The van der Waals surface area contributed by atoms with E-state index in [0.717, 1.165) is 19.5 Å². The molecule has 0 aromatic heterocycles. The first-order chi connectivity index (χ1) is 6.87. The molecule has 0 heterocycles. The van der Waals surface area contributed by atoms with Gasteiger partial charge in [-0.1, -0.05) is 0 Å². The Bertz CT molecular complexity index is 188. The van der Waals surface area contributed by atoms with Crippen LogP contribution in [0.2, 0.25) is 0 Å². The third-order valence-electron chi connectivity index (χ3n) is 1.97. The molecule has 0 aliphatic rings. The van der Waals surface area contributed by atoms with E-state index in [0.29, 0.717) is 0 Å². The second-order valence-electron chi connectivity index (χ2n) is 4.67. The van der Waals surface area contributed by atoms with Gasteiger partial charge in [0.1, 0.15) is 6.61 Å². The fourth-order valence-electron chi connectivity index (χ4n) is 1.01. The van der Waals surface area contributed by atoms with E-state index in [9.17, 15) is 4.79 Å². The monoisotopic (exact) mass is 216 g/mol. The molecule has 90 valence electrons. The first-order valence-electron chi connectivity index (χ1n) is 5.39. The van der Waals surface area contributed by atoms with Gasteiger partial charge in [0.25, 0.3) is 0 Å². The summed E-state index contributed by atoms with van der Waals surface area (Å²) in [5.74, 6) is 0.0426. The molecule has 1 N–H and O–H groups in total. The quantitative estimate of drug-likeness (QED) is 0.670. The molecule has 0 spiro atoms. The van der Waals surface area contributed by atoms with Gasteiger partial charge in [-0.3, -0.25) is 4.79 Å². The van der Waals surface area contributed by atoms with Crippen LogP contribution in [-0.4, -0.2) is 50.2 Å². The number of amides is 1. The van der Waals surface area contributed by atoms with Gasteiger partial charge in [0.05, 0.1) is 5.60 Å². The molecule has 0 saturated carbocycles. The molecule has 1 amide bonds. The first kappa shape index (κ1) is 14.4. The van der Waals surface area contributed by atoms with E-state index in [2.05, 4.69) is 5.32 Å². The summed E-state index contributed by atoms with van der Waals surface area (Å²) in [6.45, 7) is 7.70. The van der Waals surface area contributed by atoms with Crippen molar-refractivity contribution in [2.75, 3.05) is 33.8 Å². The Morgan fingerprint density at radius 1 is 1.40 bits per heavy atom. The molecule has 0 fully saturated rings. The van der Waals surface area contributed by atoms with Crippen LogP contribution in [0.1, 0.15) is 27.2 Å². The molecule has 0 saturated heterocycles. The molecule has 0 aromatic rings. The average Bonchev–Trinajstić information content (AvgIpc) is 2.13. The Labute approximate surface area is 93.0 Å². The third-order valence-corrected chi connectivity index (χ3v) is 1.97. The second-order valence-corrected chi connectivity index (χ2v) is 4.67. The molecule has 0 aliphatic carbocycles. The zero-order valence-corrected chi connectivity index (χ0v) is 10.6. The van der Waals surface area contributed by atoms with Crippen molar-refractivity contribution in [3.05, 3.63) is 0 Å². The van der Waals surface area contributed by atoms with Crippen LogP contribution in [0.15, 0.2) is 0 Å². The van der Waals surface area contributed by atoms with Gasteiger partial charge in [0.2, 0.25) is 5.91 Å². The maximum Gasteiger partial charge on any atom is 0.248 e. The Hall–Kier alpha value is -0.610. The highest BCUT2D eigenvalue weighted by atomic mass is 16.5. The molecule has 4 heteroatoms. The van der Waals surface area contributed by atoms with E-state index >= 15 is 0 Å². The van der Waals surface area contributed by atoms with Crippen molar-refractivity contribution < 1.29 is 9.53 Å². The van der Waals surface area contributed by atoms with E-state index in [4.69, 9.17) is 4.74 Å². The maximum absolute atomic E-state index is 11.6. The highest BCUT2D eigenvalue weighted by Crippen LogP contribution is 2.06. The summed E-state index contributed by atoms with van der Waals surface area (Å²) < 4.78 is 5.41. The van der Waals surface area contributed by atoms with Crippen LogP contribution in [-0.2, 0) is 9.53 Å². The lowest BCUT2D eigenvalue weighted by Crippen LogP contribution is -2.35. The number of likely N-dealkylation sites (N-methyl/N-ethyl adjacent to an activating group) is 1. The van der Waals surface area contributed by atoms with Gasteiger partial charge in [0.15, 0.2) is 0 Å². The van der Waals surface area contributed by atoms with E-state index < -0.39 is 0 Å². The molecule has 0 atom stereocenters.